The first-order chi connectivity index (χ1) is 17.7. The van der Waals surface area contributed by atoms with E-state index in [0.717, 1.165) is 28.1 Å². The molecule has 5 nitrogen and oxygen atoms in total. The summed E-state index contributed by atoms with van der Waals surface area (Å²) in [7, 11) is -3.37. The molecule has 4 aromatic rings. The second kappa shape index (κ2) is 11.7. The van der Waals surface area contributed by atoms with Gasteiger partial charge >= 0.3 is 0 Å². The van der Waals surface area contributed by atoms with Gasteiger partial charge in [0.25, 0.3) is 5.91 Å². The summed E-state index contributed by atoms with van der Waals surface area (Å²) in [5, 5.41) is 6.18. The van der Waals surface area contributed by atoms with Gasteiger partial charge in [-0.05, 0) is 78.6 Å². The Kier molecular flexibility index (Phi) is 8.36. The number of carbonyl (C=O) groups is 1. The lowest BCUT2D eigenvalue weighted by Crippen LogP contribution is -2.12. The minimum Gasteiger partial charge on any atom is -0.380 e. The number of carbonyl (C=O) groups excluding carboxylic acids is 1. The highest BCUT2D eigenvalue weighted by atomic mass is 32.2. The molecule has 0 fully saturated rings. The molecule has 37 heavy (non-hydrogen) atoms. The SMILES string of the molecule is Cc1ccc(NCc2ccc(C(=O)Nc3ccc(CSc4ccccc4)cc3)cc2)c(S(C)(=O)=O)c1C. The maximum absolute atomic E-state index is 12.7. The Hall–Kier alpha value is -3.55. The summed E-state index contributed by atoms with van der Waals surface area (Å²) in [6.45, 7) is 4.16. The molecule has 0 radical (unpaired) electrons. The first-order valence-electron chi connectivity index (χ1n) is 11.9. The number of hydrogen-bond acceptors (Lipinski definition) is 5. The van der Waals surface area contributed by atoms with E-state index in [0.29, 0.717) is 22.7 Å². The summed E-state index contributed by atoms with van der Waals surface area (Å²) < 4.78 is 24.7. The van der Waals surface area contributed by atoms with Crippen molar-refractivity contribution < 1.29 is 13.2 Å². The van der Waals surface area contributed by atoms with Gasteiger partial charge in [0.15, 0.2) is 9.84 Å². The van der Waals surface area contributed by atoms with Crippen LogP contribution in [0.25, 0.3) is 0 Å². The normalized spacial score (nSPS) is 11.2. The largest absolute Gasteiger partial charge is 0.380 e. The maximum atomic E-state index is 12.7. The summed E-state index contributed by atoms with van der Waals surface area (Å²) >= 11 is 1.77. The van der Waals surface area contributed by atoms with E-state index in [1.54, 1.807) is 30.0 Å². The Balaban J connectivity index is 1.34. The number of sulfone groups is 1. The topological polar surface area (TPSA) is 75.3 Å². The van der Waals surface area contributed by atoms with E-state index >= 15 is 0 Å². The summed E-state index contributed by atoms with van der Waals surface area (Å²) in [6.07, 6.45) is 1.23. The first-order valence-corrected chi connectivity index (χ1v) is 14.8. The van der Waals surface area contributed by atoms with E-state index < -0.39 is 9.84 Å². The lowest BCUT2D eigenvalue weighted by atomic mass is 10.1. The smallest absolute Gasteiger partial charge is 0.255 e. The van der Waals surface area contributed by atoms with E-state index in [9.17, 15) is 13.2 Å². The standard InChI is InChI=1S/C30H30N2O3S2/c1-21-9-18-28(29(22(21)2)37(3,34)35)31-19-23-10-14-25(15-11-23)30(33)32-26-16-12-24(13-17-26)20-36-27-7-5-4-6-8-27/h4-18,31H,19-20H2,1-3H3,(H,32,33). The van der Waals surface area contributed by atoms with Crippen LogP contribution in [0.5, 0.6) is 0 Å². The number of nitrogens with one attached hydrogen (secondary N) is 2. The third-order valence-corrected chi connectivity index (χ3v) is 8.46. The molecule has 0 aliphatic heterocycles. The number of anilines is 2. The third kappa shape index (κ3) is 7.02. The molecule has 1 amide bonds. The van der Waals surface area contributed by atoms with Crippen LogP contribution >= 0.6 is 11.8 Å². The molecule has 2 N–H and O–H groups in total. The van der Waals surface area contributed by atoms with Gasteiger partial charge in [-0.3, -0.25) is 4.79 Å². The van der Waals surface area contributed by atoms with Crippen LogP contribution in [0.1, 0.15) is 32.6 Å². The summed E-state index contributed by atoms with van der Waals surface area (Å²) in [4.78, 5) is 14.3. The highest BCUT2D eigenvalue weighted by Gasteiger charge is 2.17. The van der Waals surface area contributed by atoms with Gasteiger partial charge < -0.3 is 10.6 Å². The molecule has 0 saturated heterocycles. The maximum Gasteiger partial charge on any atom is 0.255 e. The fourth-order valence-electron chi connectivity index (χ4n) is 3.95. The molecule has 0 spiro atoms. The van der Waals surface area contributed by atoms with Gasteiger partial charge in [-0.15, -0.1) is 11.8 Å². The molecule has 0 atom stereocenters. The molecule has 190 valence electrons. The van der Waals surface area contributed by atoms with Gasteiger partial charge in [0.1, 0.15) is 0 Å². The number of thioether (sulfide) groups is 1. The third-order valence-electron chi connectivity index (χ3n) is 6.11. The van der Waals surface area contributed by atoms with Gasteiger partial charge in [-0.1, -0.05) is 48.5 Å². The summed E-state index contributed by atoms with van der Waals surface area (Å²) in [6, 6.07) is 29.1. The van der Waals surface area contributed by atoms with Crippen molar-refractivity contribution in [2.24, 2.45) is 0 Å². The van der Waals surface area contributed by atoms with Crippen molar-refractivity contribution in [3.05, 3.63) is 119 Å². The second-order valence-electron chi connectivity index (χ2n) is 8.96. The number of aryl methyl sites for hydroxylation is 1. The average molecular weight is 531 g/mol. The first kappa shape index (κ1) is 26.5. The fourth-order valence-corrected chi connectivity index (χ4v) is 6.08. The minimum absolute atomic E-state index is 0.181. The van der Waals surface area contributed by atoms with Gasteiger partial charge in [0.2, 0.25) is 0 Å². The van der Waals surface area contributed by atoms with Crippen LogP contribution < -0.4 is 10.6 Å². The van der Waals surface area contributed by atoms with E-state index in [1.165, 1.54) is 16.7 Å². The van der Waals surface area contributed by atoms with E-state index in [4.69, 9.17) is 0 Å². The van der Waals surface area contributed by atoms with Crippen molar-refractivity contribution in [2.45, 2.75) is 35.9 Å². The van der Waals surface area contributed by atoms with Crippen molar-refractivity contribution >= 4 is 38.9 Å². The molecule has 0 aromatic heterocycles. The number of amides is 1. The van der Waals surface area contributed by atoms with Crippen LogP contribution in [0, 0.1) is 13.8 Å². The molecule has 7 heteroatoms. The zero-order valence-electron chi connectivity index (χ0n) is 21.1. The number of rotatable bonds is 9. The molecule has 0 heterocycles. The molecule has 4 aromatic carbocycles. The molecule has 0 aliphatic rings. The lowest BCUT2D eigenvalue weighted by Gasteiger charge is -2.15. The quantitative estimate of drug-likeness (QED) is 0.231. The molecule has 0 saturated carbocycles. The molecule has 0 unspecified atom stereocenters. The molecule has 0 aliphatic carbocycles. The van der Waals surface area contributed by atoms with Gasteiger partial charge in [0, 0.05) is 34.7 Å². The van der Waals surface area contributed by atoms with Crippen molar-refractivity contribution in [1.82, 2.24) is 0 Å². The van der Waals surface area contributed by atoms with Gasteiger partial charge in [-0.25, -0.2) is 8.42 Å². The Morgan fingerprint density at radius 2 is 1.46 bits per heavy atom. The predicted molar refractivity (Wildman–Crippen MR) is 153 cm³/mol. The van der Waals surface area contributed by atoms with Crippen LogP contribution in [0.3, 0.4) is 0 Å². The second-order valence-corrected chi connectivity index (χ2v) is 12.0. The van der Waals surface area contributed by atoms with Crippen LogP contribution in [0.2, 0.25) is 0 Å². The number of benzene rings is 4. The minimum atomic E-state index is -3.37. The van der Waals surface area contributed by atoms with Crippen molar-refractivity contribution in [3.8, 4) is 0 Å². The molecule has 0 bridgehead atoms. The number of hydrogen-bond donors (Lipinski definition) is 2. The Labute approximate surface area is 223 Å². The Morgan fingerprint density at radius 3 is 2.11 bits per heavy atom. The fraction of sp³-hybridized carbons (Fsp3) is 0.167. The Bertz CT molecular complexity index is 1480. The summed E-state index contributed by atoms with van der Waals surface area (Å²) in [5.74, 6) is 0.682. The van der Waals surface area contributed by atoms with Crippen LogP contribution in [0.15, 0.2) is 101 Å². The zero-order chi connectivity index (χ0) is 26.4. The predicted octanol–water partition coefficient (Wildman–Crippen LogP) is 6.86. The van der Waals surface area contributed by atoms with Crippen molar-refractivity contribution in [1.29, 1.82) is 0 Å². The zero-order valence-corrected chi connectivity index (χ0v) is 22.7. The van der Waals surface area contributed by atoms with E-state index in [1.807, 2.05) is 74.5 Å². The van der Waals surface area contributed by atoms with Crippen molar-refractivity contribution in [3.63, 3.8) is 0 Å². The summed E-state index contributed by atoms with van der Waals surface area (Å²) in [5.41, 5.74) is 5.69. The van der Waals surface area contributed by atoms with Crippen molar-refractivity contribution in [2.75, 3.05) is 16.9 Å². The van der Waals surface area contributed by atoms with E-state index in [-0.39, 0.29) is 5.91 Å². The van der Waals surface area contributed by atoms with Crippen LogP contribution in [-0.2, 0) is 22.1 Å². The molecular formula is C30H30N2O3S2. The van der Waals surface area contributed by atoms with Gasteiger partial charge in [-0.2, -0.15) is 0 Å². The molecular weight excluding hydrogens is 500 g/mol. The average Bonchev–Trinajstić information content (AvgIpc) is 2.89. The highest BCUT2D eigenvalue weighted by molar-refractivity contribution is 7.98. The highest BCUT2D eigenvalue weighted by Crippen LogP contribution is 2.28. The Morgan fingerprint density at radius 1 is 0.811 bits per heavy atom. The van der Waals surface area contributed by atoms with Gasteiger partial charge in [0.05, 0.1) is 10.6 Å². The lowest BCUT2D eigenvalue weighted by molar-refractivity contribution is 0.102. The monoisotopic (exact) mass is 530 g/mol. The van der Waals surface area contributed by atoms with Crippen LogP contribution in [-0.4, -0.2) is 20.6 Å². The molecule has 4 rings (SSSR count). The van der Waals surface area contributed by atoms with E-state index in [2.05, 4.69) is 22.8 Å². The van der Waals surface area contributed by atoms with Crippen LogP contribution in [0.4, 0.5) is 11.4 Å².